The molecule has 0 saturated heterocycles. The minimum Gasteiger partial charge on any atom is -0.478 e. The molecule has 1 amide bonds. The van der Waals surface area contributed by atoms with Crippen LogP contribution in [0.25, 0.3) is 0 Å². The van der Waals surface area contributed by atoms with Crippen LogP contribution in [0.15, 0.2) is 35.3 Å². The molecule has 0 unspecified atom stereocenters. The maximum Gasteiger partial charge on any atom is 0.336 e. The van der Waals surface area contributed by atoms with Crippen molar-refractivity contribution >= 4 is 33.5 Å². The third-order valence-corrected chi connectivity index (χ3v) is 2.50. The summed E-state index contributed by atoms with van der Waals surface area (Å²) in [6.07, 6.45) is 1.67. The number of halogens is 1. The van der Waals surface area contributed by atoms with Crippen molar-refractivity contribution in [2.24, 2.45) is 0 Å². The molecule has 0 spiro atoms. The van der Waals surface area contributed by atoms with Gasteiger partial charge in [0.2, 0.25) is 5.91 Å². The van der Waals surface area contributed by atoms with E-state index in [1.807, 2.05) is 0 Å². The van der Waals surface area contributed by atoms with E-state index in [0.717, 1.165) is 0 Å². The van der Waals surface area contributed by atoms with Crippen molar-refractivity contribution in [1.82, 2.24) is 0 Å². The summed E-state index contributed by atoms with van der Waals surface area (Å²) >= 11 is 3.12. The predicted molar refractivity (Wildman–Crippen MR) is 64.5 cm³/mol. The Morgan fingerprint density at radius 1 is 1.50 bits per heavy atom. The van der Waals surface area contributed by atoms with Crippen LogP contribution in [0, 0.1) is 0 Å². The Morgan fingerprint density at radius 3 is 2.75 bits per heavy atom. The van der Waals surface area contributed by atoms with Gasteiger partial charge in [0.1, 0.15) is 0 Å². The minimum atomic E-state index is -1.05. The van der Waals surface area contributed by atoms with Crippen LogP contribution in [0.5, 0.6) is 0 Å². The molecule has 16 heavy (non-hydrogen) atoms. The molecule has 0 radical (unpaired) electrons. The van der Waals surface area contributed by atoms with Gasteiger partial charge < -0.3 is 10.4 Å². The van der Waals surface area contributed by atoms with E-state index in [0.29, 0.717) is 10.2 Å². The number of nitrogens with one attached hydrogen (secondary N) is 1. The fourth-order valence-electron chi connectivity index (χ4n) is 1.11. The zero-order chi connectivity index (χ0) is 12.1. The van der Waals surface area contributed by atoms with Crippen molar-refractivity contribution in [3.05, 3.63) is 40.9 Å². The Morgan fingerprint density at radius 2 is 2.19 bits per heavy atom. The van der Waals surface area contributed by atoms with E-state index in [4.69, 9.17) is 5.11 Å². The highest BCUT2D eigenvalue weighted by Gasteiger charge is 2.09. The quantitative estimate of drug-likeness (QED) is 0.835. The zero-order valence-electron chi connectivity index (χ0n) is 8.37. The average molecular weight is 284 g/mol. The molecule has 0 aliphatic rings. The van der Waals surface area contributed by atoms with Gasteiger partial charge in [-0.3, -0.25) is 4.79 Å². The summed E-state index contributed by atoms with van der Waals surface area (Å²) in [5, 5.41) is 11.4. The SMILES string of the molecule is C=CCC(=O)Nc1ccc(Br)c(C(=O)O)c1. The van der Waals surface area contributed by atoms with Gasteiger partial charge in [-0.05, 0) is 34.1 Å². The van der Waals surface area contributed by atoms with E-state index in [2.05, 4.69) is 27.8 Å². The summed E-state index contributed by atoms with van der Waals surface area (Å²) in [7, 11) is 0. The molecule has 0 aliphatic carbocycles. The summed E-state index contributed by atoms with van der Waals surface area (Å²) in [5.74, 6) is -1.28. The van der Waals surface area contributed by atoms with Gasteiger partial charge in [0, 0.05) is 16.6 Å². The van der Waals surface area contributed by atoms with Gasteiger partial charge in [-0.1, -0.05) is 6.08 Å². The van der Waals surface area contributed by atoms with E-state index in [9.17, 15) is 9.59 Å². The monoisotopic (exact) mass is 283 g/mol. The molecule has 2 N–H and O–H groups in total. The minimum absolute atomic E-state index is 0.108. The number of hydrogen-bond acceptors (Lipinski definition) is 2. The number of carboxylic acid groups (broad SMARTS) is 1. The second kappa shape index (κ2) is 5.46. The average Bonchev–Trinajstić information content (AvgIpc) is 2.21. The maximum absolute atomic E-state index is 11.2. The number of aromatic carboxylic acids is 1. The molecule has 4 nitrogen and oxygen atoms in total. The highest BCUT2D eigenvalue weighted by molar-refractivity contribution is 9.10. The second-order valence-electron chi connectivity index (χ2n) is 3.04. The van der Waals surface area contributed by atoms with Gasteiger partial charge in [-0.25, -0.2) is 4.79 Å². The van der Waals surface area contributed by atoms with Crippen LogP contribution in [0.1, 0.15) is 16.8 Å². The van der Waals surface area contributed by atoms with Crippen LogP contribution in [0.4, 0.5) is 5.69 Å². The van der Waals surface area contributed by atoms with Gasteiger partial charge in [0.05, 0.1) is 5.56 Å². The number of anilines is 1. The predicted octanol–water partition coefficient (Wildman–Crippen LogP) is 2.66. The first-order valence-corrected chi connectivity index (χ1v) is 5.27. The fourth-order valence-corrected chi connectivity index (χ4v) is 1.53. The van der Waals surface area contributed by atoms with E-state index < -0.39 is 5.97 Å². The Balaban J connectivity index is 2.90. The maximum atomic E-state index is 11.2. The third kappa shape index (κ3) is 3.20. The summed E-state index contributed by atoms with van der Waals surface area (Å²) < 4.78 is 0.474. The molecule has 0 fully saturated rings. The van der Waals surface area contributed by atoms with Gasteiger partial charge >= 0.3 is 5.97 Å². The number of carbonyl (C=O) groups excluding carboxylic acids is 1. The van der Waals surface area contributed by atoms with E-state index >= 15 is 0 Å². The van der Waals surface area contributed by atoms with Crippen LogP contribution < -0.4 is 5.32 Å². The fraction of sp³-hybridized carbons (Fsp3) is 0.0909. The van der Waals surface area contributed by atoms with Gasteiger partial charge in [-0.2, -0.15) is 0 Å². The van der Waals surface area contributed by atoms with E-state index in [1.165, 1.54) is 12.1 Å². The van der Waals surface area contributed by atoms with Crippen LogP contribution in [-0.2, 0) is 4.79 Å². The molecule has 1 aromatic rings. The molecule has 0 bridgehead atoms. The molecule has 0 atom stereocenters. The number of benzene rings is 1. The highest BCUT2D eigenvalue weighted by Crippen LogP contribution is 2.21. The molecule has 0 saturated carbocycles. The molecule has 84 valence electrons. The van der Waals surface area contributed by atoms with Crippen molar-refractivity contribution in [2.45, 2.75) is 6.42 Å². The molecule has 0 aromatic heterocycles. The summed E-state index contributed by atoms with van der Waals surface area (Å²) in [4.78, 5) is 22.1. The Labute approximate surface area is 101 Å². The van der Waals surface area contributed by atoms with E-state index in [1.54, 1.807) is 12.1 Å². The first-order chi connectivity index (χ1) is 7.54. The third-order valence-electron chi connectivity index (χ3n) is 1.81. The molecular formula is C11H10BrNO3. The molecule has 1 aromatic carbocycles. The summed E-state index contributed by atoms with van der Waals surface area (Å²) in [6.45, 7) is 3.44. The van der Waals surface area contributed by atoms with Crippen molar-refractivity contribution in [3.63, 3.8) is 0 Å². The Kier molecular flexibility index (Phi) is 4.25. The van der Waals surface area contributed by atoms with Crippen LogP contribution in [-0.4, -0.2) is 17.0 Å². The summed E-state index contributed by atoms with van der Waals surface area (Å²) in [6, 6.07) is 4.60. The number of rotatable bonds is 4. The lowest BCUT2D eigenvalue weighted by molar-refractivity contribution is -0.115. The molecule has 5 heteroatoms. The second-order valence-corrected chi connectivity index (χ2v) is 3.90. The molecule has 0 heterocycles. The molecule has 1 rings (SSSR count). The smallest absolute Gasteiger partial charge is 0.336 e. The van der Waals surface area contributed by atoms with Gasteiger partial charge in [-0.15, -0.1) is 6.58 Å². The van der Waals surface area contributed by atoms with Crippen LogP contribution in [0.3, 0.4) is 0 Å². The van der Waals surface area contributed by atoms with Gasteiger partial charge in [0.25, 0.3) is 0 Å². The zero-order valence-corrected chi connectivity index (χ0v) is 9.95. The Bertz CT molecular complexity index is 443. The van der Waals surface area contributed by atoms with Crippen molar-refractivity contribution in [1.29, 1.82) is 0 Å². The highest BCUT2D eigenvalue weighted by atomic mass is 79.9. The Hall–Kier alpha value is -1.62. The van der Waals surface area contributed by atoms with Crippen LogP contribution >= 0.6 is 15.9 Å². The number of carbonyl (C=O) groups is 2. The van der Waals surface area contributed by atoms with Gasteiger partial charge in [0.15, 0.2) is 0 Å². The largest absolute Gasteiger partial charge is 0.478 e. The molecular weight excluding hydrogens is 274 g/mol. The van der Waals surface area contributed by atoms with Crippen molar-refractivity contribution in [2.75, 3.05) is 5.32 Å². The normalized spacial score (nSPS) is 9.56. The lowest BCUT2D eigenvalue weighted by Crippen LogP contribution is -2.10. The summed E-state index contributed by atoms with van der Waals surface area (Å²) in [5.41, 5.74) is 0.559. The van der Waals surface area contributed by atoms with Crippen molar-refractivity contribution in [3.8, 4) is 0 Å². The molecule has 0 aliphatic heterocycles. The standard InChI is InChI=1S/C11H10BrNO3/c1-2-3-10(14)13-7-4-5-9(12)8(6-7)11(15)16/h2,4-6H,1,3H2,(H,13,14)(H,15,16). The van der Waals surface area contributed by atoms with Crippen LogP contribution in [0.2, 0.25) is 0 Å². The lowest BCUT2D eigenvalue weighted by Gasteiger charge is -2.05. The lowest BCUT2D eigenvalue weighted by atomic mass is 10.2. The first kappa shape index (κ1) is 12.4. The first-order valence-electron chi connectivity index (χ1n) is 4.48. The van der Waals surface area contributed by atoms with Crippen molar-refractivity contribution < 1.29 is 14.7 Å². The van der Waals surface area contributed by atoms with E-state index in [-0.39, 0.29) is 17.9 Å². The number of carboxylic acids is 1. The number of amides is 1. The number of hydrogen-bond donors (Lipinski definition) is 2. The topological polar surface area (TPSA) is 66.4 Å².